The molecule has 2 aromatic rings. The molecule has 3 nitrogen and oxygen atoms in total. The van der Waals surface area contributed by atoms with Crippen molar-refractivity contribution in [2.75, 3.05) is 12.3 Å². The van der Waals surface area contributed by atoms with Crippen molar-refractivity contribution in [1.29, 1.82) is 0 Å². The summed E-state index contributed by atoms with van der Waals surface area (Å²) in [6.45, 7) is 2.88. The van der Waals surface area contributed by atoms with Crippen LogP contribution in [0, 0.1) is 5.82 Å². The standard InChI is InChI=1S/C16H20FN3/c1-2-20-14(9-12-5-3-4-6-15(12)17)10-13-11-19-8-7-16(13)18/h3-8,11,14,20H,2,9-10H2,1H3,(H2,18,19). The van der Waals surface area contributed by atoms with E-state index in [1.165, 1.54) is 6.07 Å². The number of pyridine rings is 1. The van der Waals surface area contributed by atoms with Crippen molar-refractivity contribution in [3.8, 4) is 0 Å². The maximum atomic E-state index is 13.7. The molecule has 4 heteroatoms. The van der Waals surface area contributed by atoms with Crippen LogP contribution in [0.3, 0.4) is 0 Å². The zero-order valence-electron chi connectivity index (χ0n) is 11.6. The van der Waals surface area contributed by atoms with Crippen molar-refractivity contribution in [3.05, 3.63) is 59.7 Å². The number of nitrogen functional groups attached to an aromatic ring is 1. The summed E-state index contributed by atoms with van der Waals surface area (Å²) in [5, 5.41) is 3.38. The minimum atomic E-state index is -0.158. The van der Waals surface area contributed by atoms with Crippen LogP contribution >= 0.6 is 0 Å². The van der Waals surface area contributed by atoms with E-state index in [-0.39, 0.29) is 11.9 Å². The lowest BCUT2D eigenvalue weighted by molar-refractivity contribution is 0.506. The number of anilines is 1. The number of likely N-dealkylation sites (N-methyl/N-ethyl adjacent to an activating group) is 1. The third-order valence-corrected chi connectivity index (χ3v) is 3.32. The lowest BCUT2D eigenvalue weighted by Gasteiger charge is -2.19. The monoisotopic (exact) mass is 273 g/mol. The Kier molecular flexibility index (Phi) is 5.07. The van der Waals surface area contributed by atoms with Gasteiger partial charge in [0.1, 0.15) is 5.82 Å². The van der Waals surface area contributed by atoms with Crippen LogP contribution in [0.25, 0.3) is 0 Å². The zero-order chi connectivity index (χ0) is 14.4. The summed E-state index contributed by atoms with van der Waals surface area (Å²) in [6.07, 6.45) is 4.83. The molecule has 0 aliphatic heterocycles. The predicted molar refractivity (Wildman–Crippen MR) is 79.9 cm³/mol. The third-order valence-electron chi connectivity index (χ3n) is 3.32. The lowest BCUT2D eigenvalue weighted by atomic mass is 9.98. The molecule has 1 aromatic carbocycles. The zero-order valence-corrected chi connectivity index (χ0v) is 11.6. The number of hydrogen-bond acceptors (Lipinski definition) is 3. The van der Waals surface area contributed by atoms with E-state index in [2.05, 4.69) is 10.3 Å². The number of nitrogens with two attached hydrogens (primary N) is 1. The maximum absolute atomic E-state index is 13.7. The molecule has 0 amide bonds. The molecular weight excluding hydrogens is 253 g/mol. The summed E-state index contributed by atoms with van der Waals surface area (Å²) < 4.78 is 13.7. The number of nitrogens with one attached hydrogen (secondary N) is 1. The summed E-state index contributed by atoms with van der Waals surface area (Å²) >= 11 is 0. The fourth-order valence-corrected chi connectivity index (χ4v) is 2.31. The van der Waals surface area contributed by atoms with Gasteiger partial charge in [-0.05, 0) is 42.6 Å². The number of benzene rings is 1. The molecule has 1 aromatic heterocycles. The molecule has 1 atom stereocenters. The van der Waals surface area contributed by atoms with E-state index >= 15 is 0 Å². The van der Waals surface area contributed by atoms with Gasteiger partial charge >= 0.3 is 0 Å². The van der Waals surface area contributed by atoms with Crippen molar-refractivity contribution in [2.24, 2.45) is 0 Å². The van der Waals surface area contributed by atoms with E-state index in [0.29, 0.717) is 6.42 Å². The van der Waals surface area contributed by atoms with Gasteiger partial charge in [0.15, 0.2) is 0 Å². The second kappa shape index (κ2) is 7.01. The van der Waals surface area contributed by atoms with Gasteiger partial charge < -0.3 is 11.1 Å². The van der Waals surface area contributed by atoms with Gasteiger partial charge in [0, 0.05) is 24.1 Å². The molecule has 0 saturated carbocycles. The highest BCUT2D eigenvalue weighted by Gasteiger charge is 2.13. The molecule has 0 aliphatic carbocycles. The van der Waals surface area contributed by atoms with Gasteiger partial charge in [0.05, 0.1) is 0 Å². The number of aromatic nitrogens is 1. The van der Waals surface area contributed by atoms with E-state index in [1.807, 2.05) is 19.1 Å². The molecule has 0 radical (unpaired) electrons. The van der Waals surface area contributed by atoms with Gasteiger partial charge in [0.2, 0.25) is 0 Å². The minimum Gasteiger partial charge on any atom is -0.398 e. The highest BCUT2D eigenvalue weighted by atomic mass is 19.1. The molecule has 0 aliphatic rings. The Morgan fingerprint density at radius 1 is 1.20 bits per heavy atom. The van der Waals surface area contributed by atoms with Gasteiger partial charge in [-0.25, -0.2) is 4.39 Å². The Hall–Kier alpha value is -1.94. The minimum absolute atomic E-state index is 0.142. The maximum Gasteiger partial charge on any atom is 0.126 e. The van der Waals surface area contributed by atoms with E-state index in [4.69, 9.17) is 5.73 Å². The largest absolute Gasteiger partial charge is 0.398 e. The molecule has 1 heterocycles. The first kappa shape index (κ1) is 14.5. The number of nitrogens with zero attached hydrogens (tertiary/aromatic N) is 1. The van der Waals surface area contributed by atoms with E-state index in [0.717, 1.165) is 29.8 Å². The van der Waals surface area contributed by atoms with E-state index in [9.17, 15) is 4.39 Å². The first-order valence-corrected chi connectivity index (χ1v) is 6.86. The lowest BCUT2D eigenvalue weighted by Crippen LogP contribution is -2.33. The van der Waals surface area contributed by atoms with Crippen LogP contribution in [-0.2, 0) is 12.8 Å². The van der Waals surface area contributed by atoms with Crippen molar-refractivity contribution in [1.82, 2.24) is 10.3 Å². The van der Waals surface area contributed by atoms with Crippen molar-refractivity contribution >= 4 is 5.69 Å². The van der Waals surface area contributed by atoms with Crippen molar-refractivity contribution in [3.63, 3.8) is 0 Å². The van der Waals surface area contributed by atoms with E-state index in [1.54, 1.807) is 24.5 Å². The first-order valence-electron chi connectivity index (χ1n) is 6.86. The Balaban J connectivity index is 2.12. The number of halogens is 1. The molecule has 20 heavy (non-hydrogen) atoms. The fraction of sp³-hybridized carbons (Fsp3) is 0.312. The van der Waals surface area contributed by atoms with Crippen molar-refractivity contribution in [2.45, 2.75) is 25.8 Å². The highest BCUT2D eigenvalue weighted by molar-refractivity contribution is 5.44. The highest BCUT2D eigenvalue weighted by Crippen LogP contribution is 2.15. The fourth-order valence-electron chi connectivity index (χ4n) is 2.31. The predicted octanol–water partition coefficient (Wildman–Crippen LogP) is 2.57. The third kappa shape index (κ3) is 3.78. The summed E-state index contributed by atoms with van der Waals surface area (Å²) in [4.78, 5) is 4.10. The van der Waals surface area contributed by atoms with Crippen molar-refractivity contribution < 1.29 is 4.39 Å². The average molecular weight is 273 g/mol. The molecule has 0 fully saturated rings. The van der Waals surface area contributed by atoms with Crippen LogP contribution in [0.1, 0.15) is 18.1 Å². The second-order valence-corrected chi connectivity index (χ2v) is 4.83. The molecule has 106 valence electrons. The van der Waals surface area contributed by atoms with Crippen LogP contribution in [0.2, 0.25) is 0 Å². The van der Waals surface area contributed by atoms with Crippen LogP contribution in [0.15, 0.2) is 42.7 Å². The molecule has 0 bridgehead atoms. The smallest absolute Gasteiger partial charge is 0.126 e. The quantitative estimate of drug-likeness (QED) is 0.850. The van der Waals surface area contributed by atoms with E-state index < -0.39 is 0 Å². The van der Waals surface area contributed by atoms with Gasteiger partial charge in [-0.2, -0.15) is 0 Å². The summed E-state index contributed by atoms with van der Waals surface area (Å²) in [6, 6.07) is 8.83. The molecule has 0 saturated heterocycles. The van der Waals surface area contributed by atoms with Crippen LogP contribution in [-0.4, -0.2) is 17.6 Å². The summed E-state index contributed by atoms with van der Waals surface area (Å²) in [7, 11) is 0. The SMILES string of the molecule is CCNC(Cc1cnccc1N)Cc1ccccc1F. The molecule has 1 unspecified atom stereocenters. The Bertz CT molecular complexity index is 509. The van der Waals surface area contributed by atoms with Crippen LogP contribution in [0.5, 0.6) is 0 Å². The van der Waals surface area contributed by atoms with Gasteiger partial charge in [-0.3, -0.25) is 4.98 Å². The second-order valence-electron chi connectivity index (χ2n) is 4.83. The molecule has 3 N–H and O–H groups in total. The Morgan fingerprint density at radius 3 is 2.65 bits per heavy atom. The number of rotatable bonds is 6. The normalized spacial score (nSPS) is 12.3. The Morgan fingerprint density at radius 2 is 1.95 bits per heavy atom. The molecule has 0 spiro atoms. The number of hydrogen-bond donors (Lipinski definition) is 2. The summed E-state index contributed by atoms with van der Waals surface area (Å²) in [5.41, 5.74) is 8.40. The molecular formula is C16H20FN3. The first-order chi connectivity index (χ1) is 9.70. The average Bonchev–Trinajstić information content (AvgIpc) is 2.44. The topological polar surface area (TPSA) is 50.9 Å². The summed E-state index contributed by atoms with van der Waals surface area (Å²) in [5.74, 6) is -0.158. The van der Waals surface area contributed by atoms with Gasteiger partial charge in [0.25, 0.3) is 0 Å². The Labute approximate surface area is 119 Å². The van der Waals surface area contributed by atoms with Gasteiger partial charge in [-0.1, -0.05) is 25.1 Å². The van der Waals surface area contributed by atoms with Gasteiger partial charge in [-0.15, -0.1) is 0 Å². The van der Waals surface area contributed by atoms with Crippen LogP contribution in [0.4, 0.5) is 10.1 Å². The van der Waals surface area contributed by atoms with Crippen LogP contribution < -0.4 is 11.1 Å². The molecule has 2 rings (SSSR count).